The molecule has 1 N–H and O–H groups in total. The number of hydrogen-bond acceptors (Lipinski definition) is 3. The number of ether oxygens (including phenoxy) is 1. The van der Waals surface area contributed by atoms with Crippen LogP contribution in [-0.2, 0) is 4.74 Å². The molecular formula is C18H30N2O. The molecule has 0 saturated carbocycles. The molecule has 1 fully saturated rings. The molecular weight excluding hydrogens is 260 g/mol. The van der Waals surface area contributed by atoms with Crippen LogP contribution in [0.5, 0.6) is 0 Å². The Labute approximate surface area is 129 Å². The monoisotopic (exact) mass is 290 g/mol. The Hall–Kier alpha value is -1.06. The maximum Gasteiger partial charge on any atom is 0.0749 e. The minimum Gasteiger partial charge on any atom is -0.376 e. The summed E-state index contributed by atoms with van der Waals surface area (Å²) < 4.78 is 5.82. The van der Waals surface area contributed by atoms with Gasteiger partial charge in [0.05, 0.1) is 6.10 Å². The van der Waals surface area contributed by atoms with Crippen LogP contribution in [0.25, 0.3) is 0 Å². The SMILES string of the molecule is CCCNC(C)c1ccc(N(C)CC2CCCCO2)cc1. The lowest BCUT2D eigenvalue weighted by atomic mass is 10.1. The molecule has 1 heterocycles. The number of hydrogen-bond donors (Lipinski definition) is 1. The molecule has 1 aliphatic heterocycles. The van der Waals surface area contributed by atoms with E-state index >= 15 is 0 Å². The molecule has 118 valence electrons. The molecule has 3 nitrogen and oxygen atoms in total. The van der Waals surface area contributed by atoms with Gasteiger partial charge >= 0.3 is 0 Å². The van der Waals surface area contributed by atoms with Gasteiger partial charge in [-0.2, -0.15) is 0 Å². The van der Waals surface area contributed by atoms with Gasteiger partial charge < -0.3 is 15.0 Å². The van der Waals surface area contributed by atoms with E-state index in [-0.39, 0.29) is 0 Å². The smallest absolute Gasteiger partial charge is 0.0749 e. The van der Waals surface area contributed by atoms with E-state index < -0.39 is 0 Å². The number of benzene rings is 1. The van der Waals surface area contributed by atoms with E-state index in [1.165, 1.54) is 36.9 Å². The van der Waals surface area contributed by atoms with Crippen molar-refractivity contribution in [3.63, 3.8) is 0 Å². The number of anilines is 1. The minimum atomic E-state index is 0.397. The van der Waals surface area contributed by atoms with Crippen molar-refractivity contribution in [3.05, 3.63) is 29.8 Å². The summed E-state index contributed by atoms with van der Waals surface area (Å²) in [5, 5.41) is 3.53. The summed E-state index contributed by atoms with van der Waals surface area (Å²) in [4.78, 5) is 2.31. The van der Waals surface area contributed by atoms with Crippen LogP contribution in [0.4, 0.5) is 5.69 Å². The molecule has 1 saturated heterocycles. The van der Waals surface area contributed by atoms with Crippen molar-refractivity contribution in [2.75, 3.05) is 31.6 Å². The minimum absolute atomic E-state index is 0.397. The normalized spacial score (nSPS) is 20.2. The zero-order valence-electron chi connectivity index (χ0n) is 13.8. The third-order valence-corrected chi connectivity index (χ3v) is 4.29. The second-order valence-corrected chi connectivity index (χ2v) is 6.14. The number of nitrogens with zero attached hydrogens (tertiary/aromatic N) is 1. The van der Waals surface area contributed by atoms with Gasteiger partial charge in [0.25, 0.3) is 0 Å². The summed E-state index contributed by atoms with van der Waals surface area (Å²) in [5.41, 5.74) is 2.63. The molecule has 3 heteroatoms. The maximum absolute atomic E-state index is 5.82. The molecule has 0 aromatic heterocycles. The standard InChI is InChI=1S/C18H30N2O/c1-4-12-19-15(2)16-8-10-17(11-9-16)20(3)14-18-7-5-6-13-21-18/h8-11,15,18-19H,4-7,12-14H2,1-3H3. The summed E-state index contributed by atoms with van der Waals surface area (Å²) in [6.07, 6.45) is 5.29. The summed E-state index contributed by atoms with van der Waals surface area (Å²) >= 11 is 0. The lowest BCUT2D eigenvalue weighted by molar-refractivity contribution is 0.0216. The zero-order chi connectivity index (χ0) is 15.1. The van der Waals surface area contributed by atoms with Gasteiger partial charge in [-0.25, -0.2) is 0 Å². The topological polar surface area (TPSA) is 24.5 Å². The largest absolute Gasteiger partial charge is 0.376 e. The van der Waals surface area contributed by atoms with Crippen molar-refractivity contribution in [2.24, 2.45) is 0 Å². The third-order valence-electron chi connectivity index (χ3n) is 4.29. The van der Waals surface area contributed by atoms with Crippen molar-refractivity contribution < 1.29 is 4.74 Å². The van der Waals surface area contributed by atoms with Gasteiger partial charge in [0.15, 0.2) is 0 Å². The highest BCUT2D eigenvalue weighted by Crippen LogP contribution is 2.20. The highest BCUT2D eigenvalue weighted by atomic mass is 16.5. The van der Waals surface area contributed by atoms with Crippen LogP contribution < -0.4 is 10.2 Å². The summed E-state index contributed by atoms with van der Waals surface area (Å²) in [5.74, 6) is 0. The highest BCUT2D eigenvalue weighted by molar-refractivity contribution is 5.47. The molecule has 2 unspecified atom stereocenters. The number of rotatable bonds is 7. The number of likely N-dealkylation sites (N-methyl/N-ethyl adjacent to an activating group) is 1. The van der Waals surface area contributed by atoms with Crippen molar-refractivity contribution in [3.8, 4) is 0 Å². The lowest BCUT2D eigenvalue weighted by Crippen LogP contribution is -2.33. The molecule has 0 spiro atoms. The van der Waals surface area contributed by atoms with Crippen LogP contribution >= 0.6 is 0 Å². The van der Waals surface area contributed by atoms with Gasteiger partial charge in [-0.1, -0.05) is 19.1 Å². The average molecular weight is 290 g/mol. The lowest BCUT2D eigenvalue weighted by Gasteiger charge is -2.29. The first-order valence-corrected chi connectivity index (χ1v) is 8.36. The van der Waals surface area contributed by atoms with Gasteiger partial charge in [0.1, 0.15) is 0 Å². The van der Waals surface area contributed by atoms with E-state index in [9.17, 15) is 0 Å². The Morgan fingerprint density at radius 2 is 2.05 bits per heavy atom. The molecule has 2 atom stereocenters. The van der Waals surface area contributed by atoms with Gasteiger partial charge in [0.2, 0.25) is 0 Å². The van der Waals surface area contributed by atoms with E-state index in [2.05, 4.69) is 55.4 Å². The predicted molar refractivity (Wildman–Crippen MR) is 90.0 cm³/mol. The van der Waals surface area contributed by atoms with Crippen LogP contribution in [-0.4, -0.2) is 32.8 Å². The first kappa shape index (κ1) is 16.3. The quantitative estimate of drug-likeness (QED) is 0.827. The molecule has 1 aliphatic rings. The van der Waals surface area contributed by atoms with Gasteiger partial charge in [0, 0.05) is 31.9 Å². The van der Waals surface area contributed by atoms with Crippen molar-refractivity contribution >= 4 is 5.69 Å². The molecule has 2 rings (SSSR count). The average Bonchev–Trinajstić information content (AvgIpc) is 2.53. The van der Waals surface area contributed by atoms with E-state index in [1.54, 1.807) is 0 Å². The molecule has 0 aliphatic carbocycles. The van der Waals surface area contributed by atoms with E-state index in [4.69, 9.17) is 4.74 Å². The second-order valence-electron chi connectivity index (χ2n) is 6.14. The van der Waals surface area contributed by atoms with Crippen molar-refractivity contribution in [1.29, 1.82) is 0 Å². The highest BCUT2D eigenvalue weighted by Gasteiger charge is 2.16. The molecule has 1 aromatic rings. The van der Waals surface area contributed by atoms with E-state index in [1.807, 2.05) is 0 Å². The Morgan fingerprint density at radius 1 is 1.29 bits per heavy atom. The van der Waals surface area contributed by atoms with Gasteiger partial charge in [-0.3, -0.25) is 0 Å². The van der Waals surface area contributed by atoms with Crippen molar-refractivity contribution in [2.45, 2.75) is 51.7 Å². The molecule has 0 amide bonds. The van der Waals surface area contributed by atoms with Crippen LogP contribution in [0.3, 0.4) is 0 Å². The third kappa shape index (κ3) is 5.01. The van der Waals surface area contributed by atoms with Gasteiger partial charge in [-0.15, -0.1) is 0 Å². The van der Waals surface area contributed by atoms with Crippen LogP contribution in [0.1, 0.15) is 51.1 Å². The van der Waals surface area contributed by atoms with Crippen LogP contribution in [0.15, 0.2) is 24.3 Å². The van der Waals surface area contributed by atoms with E-state index in [0.717, 1.165) is 19.7 Å². The van der Waals surface area contributed by atoms with E-state index in [0.29, 0.717) is 12.1 Å². The first-order valence-electron chi connectivity index (χ1n) is 8.36. The second kappa shape index (κ2) is 8.40. The van der Waals surface area contributed by atoms with Crippen LogP contribution in [0, 0.1) is 0 Å². The molecule has 21 heavy (non-hydrogen) atoms. The Morgan fingerprint density at radius 3 is 2.67 bits per heavy atom. The summed E-state index contributed by atoms with van der Waals surface area (Å²) in [6.45, 7) is 7.41. The summed E-state index contributed by atoms with van der Waals surface area (Å²) in [6, 6.07) is 9.35. The first-order chi connectivity index (χ1) is 10.2. The Balaban J connectivity index is 1.88. The molecule has 1 aromatic carbocycles. The molecule has 0 radical (unpaired) electrons. The maximum atomic E-state index is 5.82. The van der Waals surface area contributed by atoms with Gasteiger partial charge in [-0.05, 0) is 56.8 Å². The fraction of sp³-hybridized carbons (Fsp3) is 0.667. The van der Waals surface area contributed by atoms with Crippen LogP contribution in [0.2, 0.25) is 0 Å². The number of nitrogens with one attached hydrogen (secondary N) is 1. The Kier molecular flexibility index (Phi) is 6.52. The fourth-order valence-corrected chi connectivity index (χ4v) is 2.86. The zero-order valence-corrected chi connectivity index (χ0v) is 13.8. The van der Waals surface area contributed by atoms with Crippen molar-refractivity contribution in [1.82, 2.24) is 5.32 Å². The fourth-order valence-electron chi connectivity index (χ4n) is 2.86. The summed E-state index contributed by atoms with van der Waals surface area (Å²) in [7, 11) is 2.16. The molecule has 0 bridgehead atoms. The Bertz CT molecular complexity index is 398. The predicted octanol–water partition coefficient (Wildman–Crippen LogP) is 3.75.